The van der Waals surface area contributed by atoms with E-state index in [1.54, 1.807) is 6.07 Å². The number of nitrogens with zero attached hydrogens (tertiary/aromatic N) is 1. The number of rotatable bonds is 3. The summed E-state index contributed by atoms with van der Waals surface area (Å²) in [6.45, 7) is 2.51. The van der Waals surface area contributed by atoms with Crippen molar-refractivity contribution in [1.29, 1.82) is 0 Å². The molecule has 1 saturated heterocycles. The highest BCUT2D eigenvalue weighted by atomic mass is 79.9. The Morgan fingerprint density at radius 1 is 1.12 bits per heavy atom. The summed E-state index contributed by atoms with van der Waals surface area (Å²) >= 11 is 3.36. The number of anilines is 2. The Balaban J connectivity index is 1.86. The van der Waals surface area contributed by atoms with E-state index in [9.17, 15) is 18.0 Å². The number of halogens is 4. The first-order valence-electron chi connectivity index (χ1n) is 7.95. The normalized spacial score (nSPS) is 15.0. The second kappa shape index (κ2) is 7.67. The monoisotopic (exact) mass is 428 g/mol. The summed E-state index contributed by atoms with van der Waals surface area (Å²) in [5.74, 6) is -0.594. The van der Waals surface area contributed by atoms with E-state index < -0.39 is 17.6 Å². The van der Waals surface area contributed by atoms with Gasteiger partial charge in [0.2, 0.25) is 0 Å². The molecular weight excluding hydrogens is 413 g/mol. The average Bonchev–Trinajstić information content (AvgIpc) is 2.62. The number of nitrogens with one attached hydrogen (secondary N) is 1. The van der Waals surface area contributed by atoms with Crippen molar-refractivity contribution in [3.05, 3.63) is 58.1 Å². The van der Waals surface area contributed by atoms with Gasteiger partial charge in [0.05, 0.1) is 30.2 Å². The van der Waals surface area contributed by atoms with Gasteiger partial charge in [-0.05, 0) is 36.4 Å². The maximum Gasteiger partial charge on any atom is 0.416 e. The molecule has 0 atom stereocenters. The molecular formula is C18H16BrF3N2O2. The highest BCUT2D eigenvalue weighted by molar-refractivity contribution is 9.10. The Morgan fingerprint density at radius 3 is 2.54 bits per heavy atom. The summed E-state index contributed by atoms with van der Waals surface area (Å²) in [7, 11) is 0. The molecule has 1 fully saturated rings. The number of carbonyl (C=O) groups excluding carboxylic acids is 1. The highest BCUT2D eigenvalue weighted by Gasteiger charge is 2.31. The van der Waals surface area contributed by atoms with Gasteiger partial charge >= 0.3 is 6.18 Å². The van der Waals surface area contributed by atoms with Gasteiger partial charge in [-0.15, -0.1) is 0 Å². The molecule has 4 nitrogen and oxygen atoms in total. The standard InChI is InChI=1S/C18H16BrF3N2O2/c19-14-4-5-16(24-6-8-26-9-7-24)15(11-14)23-17(25)12-2-1-3-13(10-12)18(20,21)22/h1-5,10-11H,6-9H2,(H,23,25). The molecule has 1 heterocycles. The quantitative estimate of drug-likeness (QED) is 0.778. The van der Waals surface area contributed by atoms with Crippen molar-refractivity contribution >= 4 is 33.2 Å². The van der Waals surface area contributed by atoms with Crippen molar-refractivity contribution in [2.75, 3.05) is 36.5 Å². The molecule has 1 aliphatic rings. The van der Waals surface area contributed by atoms with Crippen LogP contribution in [0.15, 0.2) is 46.9 Å². The summed E-state index contributed by atoms with van der Waals surface area (Å²) in [6.07, 6.45) is -4.50. The summed E-state index contributed by atoms with van der Waals surface area (Å²) in [5, 5.41) is 2.72. The molecule has 0 unspecified atom stereocenters. The van der Waals surface area contributed by atoms with Crippen molar-refractivity contribution < 1.29 is 22.7 Å². The molecule has 2 aromatic rings. The van der Waals surface area contributed by atoms with Crippen LogP contribution in [-0.2, 0) is 10.9 Å². The largest absolute Gasteiger partial charge is 0.416 e. The van der Waals surface area contributed by atoms with E-state index in [0.29, 0.717) is 32.0 Å². The summed E-state index contributed by atoms with van der Waals surface area (Å²) in [4.78, 5) is 14.6. The van der Waals surface area contributed by atoms with E-state index in [-0.39, 0.29) is 5.56 Å². The van der Waals surface area contributed by atoms with Gasteiger partial charge in [0, 0.05) is 23.1 Å². The lowest BCUT2D eigenvalue weighted by atomic mass is 10.1. The van der Waals surface area contributed by atoms with Gasteiger partial charge in [-0.3, -0.25) is 4.79 Å². The Kier molecular flexibility index (Phi) is 5.52. The fourth-order valence-corrected chi connectivity index (χ4v) is 3.08. The zero-order chi connectivity index (χ0) is 18.7. The van der Waals surface area contributed by atoms with E-state index in [1.807, 2.05) is 12.1 Å². The molecule has 3 rings (SSSR count). The van der Waals surface area contributed by atoms with Crippen molar-refractivity contribution in [3.8, 4) is 0 Å². The van der Waals surface area contributed by atoms with Gasteiger partial charge < -0.3 is 15.0 Å². The number of hydrogen-bond acceptors (Lipinski definition) is 3. The average molecular weight is 429 g/mol. The van der Waals surface area contributed by atoms with Crippen LogP contribution in [0, 0.1) is 0 Å². The summed E-state index contributed by atoms with van der Waals surface area (Å²) in [5.41, 5.74) is 0.432. The number of benzene rings is 2. The molecule has 138 valence electrons. The minimum absolute atomic E-state index is 0.0484. The van der Waals surface area contributed by atoms with E-state index in [1.165, 1.54) is 12.1 Å². The predicted molar refractivity (Wildman–Crippen MR) is 96.6 cm³/mol. The predicted octanol–water partition coefficient (Wildman–Crippen LogP) is 4.56. The molecule has 0 aliphatic carbocycles. The Bertz CT molecular complexity index is 805. The number of amides is 1. The van der Waals surface area contributed by atoms with E-state index in [2.05, 4.69) is 26.1 Å². The van der Waals surface area contributed by atoms with Crippen molar-refractivity contribution in [2.45, 2.75) is 6.18 Å². The highest BCUT2D eigenvalue weighted by Crippen LogP contribution is 2.32. The third-order valence-electron chi connectivity index (χ3n) is 4.01. The van der Waals surface area contributed by atoms with E-state index in [4.69, 9.17) is 4.74 Å². The summed E-state index contributed by atoms with van der Waals surface area (Å²) in [6, 6.07) is 9.81. The van der Waals surface area contributed by atoms with Gasteiger partial charge in [0.15, 0.2) is 0 Å². The third kappa shape index (κ3) is 4.37. The zero-order valence-electron chi connectivity index (χ0n) is 13.6. The number of alkyl halides is 3. The first-order chi connectivity index (χ1) is 12.3. The van der Waals surface area contributed by atoms with Crippen LogP contribution in [0.4, 0.5) is 24.5 Å². The van der Waals surface area contributed by atoms with Crippen molar-refractivity contribution in [2.24, 2.45) is 0 Å². The lowest BCUT2D eigenvalue weighted by molar-refractivity contribution is -0.137. The third-order valence-corrected chi connectivity index (χ3v) is 4.50. The van der Waals surface area contributed by atoms with Crippen LogP contribution in [0.5, 0.6) is 0 Å². The van der Waals surface area contributed by atoms with Crippen molar-refractivity contribution in [1.82, 2.24) is 0 Å². The topological polar surface area (TPSA) is 41.6 Å². The lowest BCUT2D eigenvalue weighted by Gasteiger charge is -2.30. The van der Waals surface area contributed by atoms with Gasteiger partial charge in [0.1, 0.15) is 0 Å². The molecule has 8 heteroatoms. The molecule has 0 bridgehead atoms. The number of morpholine rings is 1. The van der Waals surface area contributed by atoms with Gasteiger partial charge in [0.25, 0.3) is 5.91 Å². The van der Waals surface area contributed by atoms with Gasteiger partial charge in [-0.25, -0.2) is 0 Å². The van der Waals surface area contributed by atoms with Crippen LogP contribution in [-0.4, -0.2) is 32.2 Å². The molecule has 0 aromatic heterocycles. The molecule has 26 heavy (non-hydrogen) atoms. The fourth-order valence-electron chi connectivity index (χ4n) is 2.72. The second-order valence-corrected chi connectivity index (χ2v) is 6.71. The van der Waals surface area contributed by atoms with E-state index in [0.717, 1.165) is 22.3 Å². The first-order valence-corrected chi connectivity index (χ1v) is 8.75. The van der Waals surface area contributed by atoms with Crippen LogP contribution in [0.25, 0.3) is 0 Å². The Labute approximate surface area is 157 Å². The Morgan fingerprint density at radius 2 is 1.85 bits per heavy atom. The first kappa shape index (κ1) is 18.7. The zero-order valence-corrected chi connectivity index (χ0v) is 15.2. The minimum atomic E-state index is -4.50. The number of hydrogen-bond donors (Lipinski definition) is 1. The van der Waals surface area contributed by atoms with Gasteiger partial charge in [-0.2, -0.15) is 13.2 Å². The lowest BCUT2D eigenvalue weighted by Crippen LogP contribution is -2.36. The fraction of sp³-hybridized carbons (Fsp3) is 0.278. The molecule has 0 saturated carbocycles. The van der Waals surface area contributed by atoms with Crippen LogP contribution in [0.3, 0.4) is 0 Å². The molecule has 1 amide bonds. The molecule has 0 spiro atoms. The SMILES string of the molecule is O=C(Nc1cc(Br)ccc1N1CCOCC1)c1cccc(C(F)(F)F)c1. The molecule has 2 aromatic carbocycles. The van der Waals surface area contributed by atoms with Crippen LogP contribution in [0.2, 0.25) is 0 Å². The molecule has 1 N–H and O–H groups in total. The second-order valence-electron chi connectivity index (χ2n) is 5.79. The molecule has 0 radical (unpaired) electrons. The van der Waals surface area contributed by atoms with E-state index >= 15 is 0 Å². The van der Waals surface area contributed by atoms with Crippen LogP contribution < -0.4 is 10.2 Å². The maximum absolute atomic E-state index is 12.9. The number of carbonyl (C=O) groups is 1. The minimum Gasteiger partial charge on any atom is -0.378 e. The van der Waals surface area contributed by atoms with Crippen LogP contribution >= 0.6 is 15.9 Å². The van der Waals surface area contributed by atoms with Crippen molar-refractivity contribution in [3.63, 3.8) is 0 Å². The smallest absolute Gasteiger partial charge is 0.378 e. The maximum atomic E-state index is 12.9. The summed E-state index contributed by atoms with van der Waals surface area (Å²) < 4.78 is 44.7. The Hall–Kier alpha value is -2.06. The number of ether oxygens (including phenoxy) is 1. The van der Waals surface area contributed by atoms with Crippen LogP contribution in [0.1, 0.15) is 15.9 Å². The molecule has 1 aliphatic heterocycles. The van der Waals surface area contributed by atoms with Gasteiger partial charge in [-0.1, -0.05) is 22.0 Å².